The molecule has 0 aliphatic carbocycles. The van der Waals surface area contributed by atoms with Crippen LogP contribution in [-0.2, 0) is 0 Å². The Kier molecular flexibility index (Phi) is 2.93. The van der Waals surface area contributed by atoms with Crippen LogP contribution >= 0.6 is 0 Å². The van der Waals surface area contributed by atoms with Crippen molar-refractivity contribution in [1.82, 2.24) is 9.78 Å². The van der Waals surface area contributed by atoms with Crippen molar-refractivity contribution < 1.29 is 4.79 Å². The highest BCUT2D eigenvalue weighted by Crippen LogP contribution is 2.21. The highest BCUT2D eigenvalue weighted by Gasteiger charge is 2.18. The predicted octanol–water partition coefficient (Wildman–Crippen LogP) is 1.69. The van der Waals surface area contributed by atoms with Gasteiger partial charge in [-0.2, -0.15) is 5.10 Å². The van der Waals surface area contributed by atoms with E-state index in [0.29, 0.717) is 5.56 Å². The molecule has 1 heterocycles. The molecule has 0 aliphatic heterocycles. The molecule has 4 nitrogen and oxygen atoms in total. The maximum absolute atomic E-state index is 11.1. The molecule has 0 bridgehead atoms. The fourth-order valence-electron chi connectivity index (χ4n) is 1.55. The van der Waals surface area contributed by atoms with Crippen molar-refractivity contribution in [2.75, 3.05) is 0 Å². The Morgan fingerprint density at radius 1 is 1.43 bits per heavy atom. The summed E-state index contributed by atoms with van der Waals surface area (Å²) >= 11 is 0. The van der Waals surface area contributed by atoms with E-state index < -0.39 is 5.91 Å². The summed E-state index contributed by atoms with van der Waals surface area (Å²) in [6, 6.07) is 0.250. The molecule has 0 saturated heterocycles. The maximum Gasteiger partial charge on any atom is 0.252 e. The monoisotopic (exact) mass is 195 g/mol. The van der Waals surface area contributed by atoms with Gasteiger partial charge in [-0.1, -0.05) is 13.8 Å². The molecule has 0 spiro atoms. The second kappa shape index (κ2) is 3.82. The van der Waals surface area contributed by atoms with Crippen LogP contribution in [0.15, 0.2) is 6.20 Å². The molecule has 0 fully saturated rings. The lowest BCUT2D eigenvalue weighted by molar-refractivity contribution is 0.0999. The van der Waals surface area contributed by atoms with Crippen LogP contribution in [0, 0.1) is 0 Å². The summed E-state index contributed by atoms with van der Waals surface area (Å²) in [5.41, 5.74) is 6.73. The predicted molar refractivity (Wildman–Crippen MR) is 55.2 cm³/mol. The number of hydrogen-bond acceptors (Lipinski definition) is 2. The third kappa shape index (κ3) is 1.78. The topological polar surface area (TPSA) is 60.9 Å². The van der Waals surface area contributed by atoms with Gasteiger partial charge in [-0.15, -0.1) is 0 Å². The normalized spacial score (nSPS) is 11.3. The highest BCUT2D eigenvalue weighted by molar-refractivity contribution is 5.93. The summed E-state index contributed by atoms with van der Waals surface area (Å²) in [6.07, 6.45) is 1.55. The third-order valence-electron chi connectivity index (χ3n) is 2.14. The van der Waals surface area contributed by atoms with E-state index >= 15 is 0 Å². The van der Waals surface area contributed by atoms with Crippen LogP contribution in [-0.4, -0.2) is 15.7 Å². The van der Waals surface area contributed by atoms with Crippen molar-refractivity contribution >= 4 is 5.91 Å². The number of hydrogen-bond donors (Lipinski definition) is 1. The highest BCUT2D eigenvalue weighted by atomic mass is 16.1. The molecule has 1 amide bonds. The minimum atomic E-state index is -0.402. The molecule has 2 N–H and O–H groups in total. The van der Waals surface area contributed by atoms with Gasteiger partial charge in [-0.3, -0.25) is 9.48 Å². The third-order valence-corrected chi connectivity index (χ3v) is 2.14. The van der Waals surface area contributed by atoms with Crippen LogP contribution in [0.3, 0.4) is 0 Å². The number of carbonyl (C=O) groups excluding carboxylic acids is 1. The molecular weight excluding hydrogens is 178 g/mol. The molecule has 14 heavy (non-hydrogen) atoms. The van der Waals surface area contributed by atoms with Crippen molar-refractivity contribution in [3.63, 3.8) is 0 Å². The molecule has 1 aromatic heterocycles. The van der Waals surface area contributed by atoms with Crippen LogP contribution < -0.4 is 5.73 Å². The number of rotatable bonds is 3. The first-order valence-electron chi connectivity index (χ1n) is 4.82. The SMILES string of the molecule is CC(C)c1c(C(N)=O)cnn1C(C)C. The Hall–Kier alpha value is -1.32. The smallest absolute Gasteiger partial charge is 0.252 e. The van der Waals surface area contributed by atoms with Gasteiger partial charge in [-0.05, 0) is 19.8 Å². The van der Waals surface area contributed by atoms with Gasteiger partial charge >= 0.3 is 0 Å². The Morgan fingerprint density at radius 2 is 2.00 bits per heavy atom. The molecule has 0 aliphatic rings. The van der Waals surface area contributed by atoms with E-state index in [1.54, 1.807) is 6.20 Å². The molecule has 0 radical (unpaired) electrons. The first kappa shape index (κ1) is 10.8. The van der Waals surface area contributed by atoms with Crippen molar-refractivity contribution in [1.29, 1.82) is 0 Å². The van der Waals surface area contributed by atoms with Crippen LogP contribution in [0.1, 0.15) is 55.7 Å². The molecule has 0 unspecified atom stereocenters. The van der Waals surface area contributed by atoms with Gasteiger partial charge in [0, 0.05) is 6.04 Å². The first-order valence-corrected chi connectivity index (χ1v) is 4.82. The van der Waals surface area contributed by atoms with Crippen molar-refractivity contribution in [2.45, 2.75) is 39.7 Å². The zero-order valence-corrected chi connectivity index (χ0v) is 9.11. The molecule has 4 heteroatoms. The number of amides is 1. The fraction of sp³-hybridized carbons (Fsp3) is 0.600. The molecule has 0 aromatic carbocycles. The Labute approximate surface area is 84.1 Å². The lowest BCUT2D eigenvalue weighted by Crippen LogP contribution is -2.16. The van der Waals surface area contributed by atoms with E-state index in [4.69, 9.17) is 5.73 Å². The van der Waals surface area contributed by atoms with E-state index in [2.05, 4.69) is 5.10 Å². The van der Waals surface area contributed by atoms with E-state index in [1.807, 2.05) is 32.4 Å². The second-order valence-electron chi connectivity index (χ2n) is 4.00. The zero-order valence-electron chi connectivity index (χ0n) is 9.11. The van der Waals surface area contributed by atoms with Crippen molar-refractivity contribution in [2.24, 2.45) is 5.73 Å². The van der Waals surface area contributed by atoms with E-state index in [9.17, 15) is 4.79 Å². The number of aromatic nitrogens is 2. The average molecular weight is 195 g/mol. The van der Waals surface area contributed by atoms with Gasteiger partial charge in [0.25, 0.3) is 5.91 Å². The second-order valence-corrected chi connectivity index (χ2v) is 4.00. The molecule has 78 valence electrons. The van der Waals surface area contributed by atoms with Crippen LogP contribution in [0.2, 0.25) is 0 Å². The van der Waals surface area contributed by atoms with E-state index in [0.717, 1.165) is 5.69 Å². The summed E-state index contributed by atoms with van der Waals surface area (Å²) in [6.45, 7) is 8.12. The lowest BCUT2D eigenvalue weighted by atomic mass is 10.1. The molecule has 0 atom stereocenters. The lowest BCUT2D eigenvalue weighted by Gasteiger charge is -2.14. The average Bonchev–Trinajstić information content (AvgIpc) is 2.46. The minimum absolute atomic E-state index is 0.250. The number of nitrogens with zero attached hydrogens (tertiary/aromatic N) is 2. The van der Waals surface area contributed by atoms with Gasteiger partial charge in [0.1, 0.15) is 0 Å². The van der Waals surface area contributed by atoms with E-state index in [-0.39, 0.29) is 12.0 Å². The Balaban J connectivity index is 3.27. The van der Waals surface area contributed by atoms with E-state index in [1.165, 1.54) is 0 Å². The van der Waals surface area contributed by atoms with Crippen LogP contribution in [0.25, 0.3) is 0 Å². The van der Waals surface area contributed by atoms with Crippen LogP contribution in [0.4, 0.5) is 0 Å². The van der Waals surface area contributed by atoms with Gasteiger partial charge in [-0.25, -0.2) is 0 Å². The molecule has 1 rings (SSSR count). The van der Waals surface area contributed by atoms with Gasteiger partial charge < -0.3 is 5.73 Å². The number of nitrogens with two attached hydrogens (primary N) is 1. The largest absolute Gasteiger partial charge is 0.365 e. The molecular formula is C10H17N3O. The number of carbonyl (C=O) groups is 1. The fourth-order valence-corrected chi connectivity index (χ4v) is 1.55. The van der Waals surface area contributed by atoms with Crippen molar-refractivity contribution in [3.05, 3.63) is 17.5 Å². The van der Waals surface area contributed by atoms with Gasteiger partial charge in [0.15, 0.2) is 0 Å². The number of primary amides is 1. The van der Waals surface area contributed by atoms with Crippen LogP contribution in [0.5, 0.6) is 0 Å². The standard InChI is InChI=1S/C10H17N3O/c1-6(2)9-8(10(11)14)5-12-13(9)7(3)4/h5-7H,1-4H3,(H2,11,14). The first-order chi connectivity index (χ1) is 6.45. The van der Waals surface area contributed by atoms with Gasteiger partial charge in [0.05, 0.1) is 17.5 Å². The van der Waals surface area contributed by atoms with Gasteiger partial charge in [0.2, 0.25) is 0 Å². The summed E-state index contributed by atoms with van der Waals surface area (Å²) in [5, 5.41) is 4.17. The summed E-state index contributed by atoms with van der Waals surface area (Å²) in [4.78, 5) is 11.1. The zero-order chi connectivity index (χ0) is 10.9. The quantitative estimate of drug-likeness (QED) is 0.797. The molecule has 0 saturated carbocycles. The summed E-state index contributed by atoms with van der Waals surface area (Å²) in [5.74, 6) is -0.150. The van der Waals surface area contributed by atoms with Crippen molar-refractivity contribution in [3.8, 4) is 0 Å². The summed E-state index contributed by atoms with van der Waals surface area (Å²) < 4.78 is 1.85. The summed E-state index contributed by atoms with van der Waals surface area (Å²) in [7, 11) is 0. The maximum atomic E-state index is 11.1. The Bertz CT molecular complexity index is 339. The Morgan fingerprint density at radius 3 is 2.36 bits per heavy atom. The molecule has 1 aromatic rings. The minimum Gasteiger partial charge on any atom is -0.365 e.